The van der Waals surface area contributed by atoms with Gasteiger partial charge in [0, 0.05) is 13.6 Å². The minimum Gasteiger partial charge on any atom is -0.391 e. The molecular formula is C13H16N2O3. The topological polar surface area (TPSA) is 60.9 Å². The Bertz CT molecular complexity index is 459. The zero-order valence-electron chi connectivity index (χ0n) is 10.4. The number of carbonyl (C=O) groups excluding carboxylic acids is 2. The summed E-state index contributed by atoms with van der Waals surface area (Å²) < 4.78 is 0. The van der Waals surface area contributed by atoms with E-state index in [0.717, 1.165) is 10.5 Å². The lowest BCUT2D eigenvalue weighted by molar-refractivity contribution is -0.130. The van der Waals surface area contributed by atoms with Crippen LogP contribution < -0.4 is 0 Å². The first-order chi connectivity index (χ1) is 8.52. The number of hydrogen-bond donors (Lipinski definition) is 1. The van der Waals surface area contributed by atoms with Crippen LogP contribution in [0.15, 0.2) is 30.3 Å². The third kappa shape index (κ3) is 2.09. The predicted octanol–water partition coefficient (Wildman–Crippen LogP) is 0.830. The van der Waals surface area contributed by atoms with Gasteiger partial charge in [0.15, 0.2) is 0 Å². The van der Waals surface area contributed by atoms with Gasteiger partial charge in [-0.15, -0.1) is 0 Å². The molecule has 0 saturated carbocycles. The molecule has 1 aromatic carbocycles. The van der Waals surface area contributed by atoms with Gasteiger partial charge in [0.1, 0.15) is 6.04 Å². The lowest BCUT2D eigenvalue weighted by Crippen LogP contribution is -2.42. The third-order valence-corrected chi connectivity index (χ3v) is 3.10. The van der Waals surface area contributed by atoms with E-state index in [2.05, 4.69) is 0 Å². The van der Waals surface area contributed by atoms with Crippen LogP contribution in [0, 0.1) is 0 Å². The Hall–Kier alpha value is -1.88. The Morgan fingerprint density at radius 2 is 1.89 bits per heavy atom. The van der Waals surface area contributed by atoms with Gasteiger partial charge in [0.2, 0.25) is 0 Å². The fourth-order valence-electron chi connectivity index (χ4n) is 2.15. The van der Waals surface area contributed by atoms with E-state index in [0.29, 0.717) is 6.54 Å². The Kier molecular flexibility index (Phi) is 3.34. The summed E-state index contributed by atoms with van der Waals surface area (Å²) in [4.78, 5) is 26.3. The van der Waals surface area contributed by atoms with E-state index in [1.165, 1.54) is 18.9 Å². The highest BCUT2D eigenvalue weighted by Crippen LogP contribution is 2.21. The van der Waals surface area contributed by atoms with Gasteiger partial charge in [0.05, 0.1) is 6.10 Å². The molecule has 1 fully saturated rings. The average molecular weight is 248 g/mol. The van der Waals surface area contributed by atoms with Gasteiger partial charge in [-0.25, -0.2) is 4.79 Å². The summed E-state index contributed by atoms with van der Waals surface area (Å²) in [6, 6.07) is 8.25. The van der Waals surface area contributed by atoms with Crippen molar-refractivity contribution in [3.8, 4) is 0 Å². The van der Waals surface area contributed by atoms with Crippen LogP contribution >= 0.6 is 0 Å². The van der Waals surface area contributed by atoms with Crippen LogP contribution in [0.25, 0.3) is 0 Å². The fourth-order valence-corrected chi connectivity index (χ4v) is 2.15. The van der Waals surface area contributed by atoms with Gasteiger partial charge in [0.25, 0.3) is 5.91 Å². The molecule has 1 aliphatic rings. The molecular weight excluding hydrogens is 232 g/mol. The van der Waals surface area contributed by atoms with Crippen LogP contribution in [0.1, 0.15) is 12.5 Å². The minimum absolute atomic E-state index is 0.325. The standard InChI is InChI=1S/C13H16N2O3/c1-9(16)11-12(17)14(2)13(18)15(11)8-10-6-4-3-5-7-10/h3-7,9,11,16H,8H2,1-2H3. The number of hydrogen-bond acceptors (Lipinski definition) is 3. The van der Waals surface area contributed by atoms with Crippen LogP contribution in [-0.4, -0.2) is 46.0 Å². The van der Waals surface area contributed by atoms with E-state index < -0.39 is 12.1 Å². The maximum Gasteiger partial charge on any atom is 0.327 e. The summed E-state index contributed by atoms with van der Waals surface area (Å²) >= 11 is 0. The second-order valence-corrected chi connectivity index (χ2v) is 4.48. The number of carbonyl (C=O) groups is 2. The van der Waals surface area contributed by atoms with Gasteiger partial charge in [-0.3, -0.25) is 9.69 Å². The van der Waals surface area contributed by atoms with Crippen LogP contribution in [0.3, 0.4) is 0 Å². The molecule has 3 amide bonds. The van der Waals surface area contributed by atoms with Crippen molar-refractivity contribution in [2.24, 2.45) is 0 Å². The van der Waals surface area contributed by atoms with Crippen molar-refractivity contribution in [1.29, 1.82) is 0 Å². The van der Waals surface area contributed by atoms with Crippen LogP contribution in [0.4, 0.5) is 4.79 Å². The molecule has 1 saturated heterocycles. The quantitative estimate of drug-likeness (QED) is 0.806. The summed E-state index contributed by atoms with van der Waals surface area (Å²) in [6.45, 7) is 1.85. The van der Waals surface area contributed by atoms with Crippen molar-refractivity contribution >= 4 is 11.9 Å². The third-order valence-electron chi connectivity index (χ3n) is 3.10. The SMILES string of the molecule is CC(O)C1C(=O)N(C)C(=O)N1Cc1ccccc1. The molecule has 0 aromatic heterocycles. The highest BCUT2D eigenvalue weighted by atomic mass is 16.3. The number of likely N-dealkylation sites (N-methyl/N-ethyl adjacent to an activating group) is 1. The maximum atomic E-state index is 12.0. The van der Waals surface area contributed by atoms with E-state index in [-0.39, 0.29) is 11.9 Å². The van der Waals surface area contributed by atoms with Crippen molar-refractivity contribution in [2.75, 3.05) is 7.05 Å². The molecule has 2 unspecified atom stereocenters. The largest absolute Gasteiger partial charge is 0.391 e. The molecule has 1 aliphatic heterocycles. The maximum absolute atomic E-state index is 12.0. The second kappa shape index (κ2) is 4.78. The predicted molar refractivity (Wildman–Crippen MR) is 65.6 cm³/mol. The van der Waals surface area contributed by atoms with Gasteiger partial charge >= 0.3 is 6.03 Å². The summed E-state index contributed by atoms with van der Waals surface area (Å²) in [5.41, 5.74) is 0.930. The lowest BCUT2D eigenvalue weighted by atomic mass is 10.1. The molecule has 0 aliphatic carbocycles. The molecule has 5 heteroatoms. The number of benzene rings is 1. The van der Waals surface area contributed by atoms with Crippen molar-refractivity contribution in [1.82, 2.24) is 9.80 Å². The first-order valence-electron chi connectivity index (χ1n) is 5.82. The molecule has 18 heavy (non-hydrogen) atoms. The summed E-state index contributed by atoms with van der Waals surface area (Å²) in [7, 11) is 1.44. The van der Waals surface area contributed by atoms with Crippen molar-refractivity contribution < 1.29 is 14.7 Å². The van der Waals surface area contributed by atoms with Gasteiger partial charge in [-0.2, -0.15) is 0 Å². The molecule has 5 nitrogen and oxygen atoms in total. The monoisotopic (exact) mass is 248 g/mol. The Morgan fingerprint density at radius 3 is 2.44 bits per heavy atom. The summed E-state index contributed by atoms with van der Waals surface area (Å²) in [5, 5.41) is 9.67. The summed E-state index contributed by atoms with van der Waals surface area (Å²) in [5.74, 6) is -0.356. The van der Waals surface area contributed by atoms with Crippen molar-refractivity contribution in [3.63, 3.8) is 0 Å². The number of amides is 3. The number of rotatable bonds is 3. The number of aliphatic hydroxyl groups excluding tert-OH is 1. The molecule has 0 radical (unpaired) electrons. The Morgan fingerprint density at radius 1 is 1.28 bits per heavy atom. The first-order valence-corrected chi connectivity index (χ1v) is 5.82. The Labute approximate surface area is 106 Å². The minimum atomic E-state index is -0.880. The normalized spacial score (nSPS) is 21.6. The van der Waals surface area contributed by atoms with Gasteiger partial charge in [-0.05, 0) is 12.5 Å². The molecule has 96 valence electrons. The fraction of sp³-hybridized carbons (Fsp3) is 0.385. The average Bonchev–Trinajstić information content (AvgIpc) is 2.56. The number of imide groups is 1. The van der Waals surface area contributed by atoms with Gasteiger partial charge in [-0.1, -0.05) is 30.3 Å². The first kappa shape index (κ1) is 12.6. The molecule has 0 spiro atoms. The number of aliphatic hydroxyl groups is 1. The highest BCUT2D eigenvalue weighted by Gasteiger charge is 2.45. The van der Waals surface area contributed by atoms with Crippen LogP contribution in [0.2, 0.25) is 0 Å². The Balaban J connectivity index is 2.24. The molecule has 0 bridgehead atoms. The van der Waals surface area contributed by atoms with E-state index in [9.17, 15) is 14.7 Å². The van der Waals surface area contributed by atoms with E-state index in [1.807, 2.05) is 30.3 Å². The summed E-state index contributed by atoms with van der Waals surface area (Å²) in [6.07, 6.45) is -0.880. The number of urea groups is 1. The van der Waals surface area contributed by atoms with E-state index in [1.54, 1.807) is 0 Å². The molecule has 2 atom stereocenters. The molecule has 1 N–H and O–H groups in total. The molecule has 1 aromatic rings. The van der Waals surface area contributed by atoms with E-state index >= 15 is 0 Å². The van der Waals surface area contributed by atoms with Crippen molar-refractivity contribution in [3.05, 3.63) is 35.9 Å². The second-order valence-electron chi connectivity index (χ2n) is 4.48. The smallest absolute Gasteiger partial charge is 0.327 e. The number of nitrogens with zero attached hydrogens (tertiary/aromatic N) is 2. The zero-order chi connectivity index (χ0) is 13.3. The molecule has 2 rings (SSSR count). The zero-order valence-corrected chi connectivity index (χ0v) is 10.4. The van der Waals surface area contributed by atoms with Crippen LogP contribution in [-0.2, 0) is 11.3 Å². The highest BCUT2D eigenvalue weighted by molar-refractivity contribution is 6.04. The van der Waals surface area contributed by atoms with E-state index in [4.69, 9.17) is 0 Å². The van der Waals surface area contributed by atoms with Crippen molar-refractivity contribution in [2.45, 2.75) is 25.6 Å². The van der Waals surface area contributed by atoms with Crippen LogP contribution in [0.5, 0.6) is 0 Å². The van der Waals surface area contributed by atoms with Gasteiger partial charge < -0.3 is 10.0 Å². The molecule has 1 heterocycles. The lowest BCUT2D eigenvalue weighted by Gasteiger charge is -2.23.